The number of imidazole rings is 1. The normalized spacial score (nSPS) is 11.9. The Hall–Kier alpha value is -1.58. The number of allylic oxidation sites excluding steroid dienone is 1. The molecule has 0 amide bonds. The van der Waals surface area contributed by atoms with Gasteiger partial charge in [0, 0.05) is 30.4 Å². The standard InChI is InChI=1S/C13H20N2O2/c1-5-11(13(16)17-4)6-8-15-9-7-14-12(15)10(2)3/h6-7,9-10H,5,8H2,1-4H3. The third-order valence-corrected chi connectivity index (χ3v) is 2.63. The van der Waals surface area contributed by atoms with Gasteiger partial charge in [-0.3, -0.25) is 0 Å². The molecule has 0 aliphatic heterocycles. The van der Waals surface area contributed by atoms with Crippen molar-refractivity contribution >= 4 is 5.97 Å². The van der Waals surface area contributed by atoms with E-state index in [1.165, 1.54) is 7.11 Å². The third-order valence-electron chi connectivity index (χ3n) is 2.63. The predicted octanol–water partition coefficient (Wildman–Crippen LogP) is 2.52. The van der Waals surface area contributed by atoms with Crippen LogP contribution in [0.3, 0.4) is 0 Å². The zero-order valence-corrected chi connectivity index (χ0v) is 10.9. The number of hydrogen-bond acceptors (Lipinski definition) is 3. The molecular formula is C13H20N2O2. The van der Waals surface area contributed by atoms with Crippen molar-refractivity contribution in [2.45, 2.75) is 39.7 Å². The molecule has 0 aromatic carbocycles. The second-order valence-electron chi connectivity index (χ2n) is 4.17. The zero-order chi connectivity index (χ0) is 12.8. The molecule has 1 rings (SSSR count). The van der Waals surface area contributed by atoms with Crippen molar-refractivity contribution in [1.82, 2.24) is 9.55 Å². The van der Waals surface area contributed by atoms with Crippen LogP contribution in [0.25, 0.3) is 0 Å². The first kappa shape index (κ1) is 13.5. The lowest BCUT2D eigenvalue weighted by molar-refractivity contribution is -0.136. The van der Waals surface area contributed by atoms with Gasteiger partial charge in [-0.2, -0.15) is 0 Å². The fourth-order valence-electron chi connectivity index (χ4n) is 1.69. The van der Waals surface area contributed by atoms with Crippen molar-refractivity contribution in [2.75, 3.05) is 7.11 Å². The number of rotatable bonds is 5. The summed E-state index contributed by atoms with van der Waals surface area (Å²) in [5.74, 6) is 1.15. The van der Waals surface area contributed by atoms with E-state index in [1.54, 1.807) is 6.20 Å². The van der Waals surface area contributed by atoms with Crippen molar-refractivity contribution < 1.29 is 9.53 Å². The van der Waals surface area contributed by atoms with Crippen LogP contribution in [-0.2, 0) is 16.1 Å². The Bertz CT molecular complexity index is 405. The summed E-state index contributed by atoms with van der Waals surface area (Å²) in [5.41, 5.74) is 0.705. The number of carbonyl (C=O) groups is 1. The van der Waals surface area contributed by atoms with E-state index in [2.05, 4.69) is 18.8 Å². The molecule has 4 nitrogen and oxygen atoms in total. The number of methoxy groups -OCH3 is 1. The summed E-state index contributed by atoms with van der Waals surface area (Å²) in [6.45, 7) is 6.80. The minimum absolute atomic E-state index is 0.251. The molecule has 0 atom stereocenters. The van der Waals surface area contributed by atoms with Crippen molar-refractivity contribution in [3.8, 4) is 0 Å². The molecule has 0 spiro atoms. The Morgan fingerprint density at radius 3 is 2.82 bits per heavy atom. The highest BCUT2D eigenvalue weighted by Crippen LogP contribution is 2.12. The highest BCUT2D eigenvalue weighted by Gasteiger charge is 2.09. The Morgan fingerprint density at radius 1 is 1.59 bits per heavy atom. The van der Waals surface area contributed by atoms with Gasteiger partial charge < -0.3 is 9.30 Å². The topological polar surface area (TPSA) is 44.1 Å². The lowest BCUT2D eigenvalue weighted by Gasteiger charge is -2.09. The Labute approximate surface area is 102 Å². The summed E-state index contributed by atoms with van der Waals surface area (Å²) >= 11 is 0. The molecule has 1 aromatic rings. The first-order valence-electron chi connectivity index (χ1n) is 5.88. The van der Waals surface area contributed by atoms with E-state index in [4.69, 9.17) is 4.74 Å². The maximum Gasteiger partial charge on any atom is 0.333 e. The van der Waals surface area contributed by atoms with Crippen molar-refractivity contribution in [1.29, 1.82) is 0 Å². The molecule has 0 saturated heterocycles. The molecule has 1 aromatic heterocycles. The molecule has 0 radical (unpaired) electrons. The van der Waals surface area contributed by atoms with Crippen molar-refractivity contribution in [3.05, 3.63) is 29.9 Å². The average Bonchev–Trinajstić information content (AvgIpc) is 2.77. The summed E-state index contributed by atoms with van der Waals surface area (Å²) in [5, 5.41) is 0. The van der Waals surface area contributed by atoms with Gasteiger partial charge in [0.25, 0.3) is 0 Å². The number of nitrogens with zero attached hydrogens (tertiary/aromatic N) is 2. The van der Waals surface area contributed by atoms with Crippen LogP contribution >= 0.6 is 0 Å². The maximum absolute atomic E-state index is 11.4. The summed E-state index contributed by atoms with van der Waals surface area (Å²) in [7, 11) is 1.41. The Morgan fingerprint density at radius 2 is 2.29 bits per heavy atom. The van der Waals surface area contributed by atoms with Gasteiger partial charge in [-0.1, -0.05) is 26.8 Å². The van der Waals surface area contributed by atoms with Gasteiger partial charge >= 0.3 is 5.97 Å². The van der Waals surface area contributed by atoms with Crippen LogP contribution in [-0.4, -0.2) is 22.6 Å². The zero-order valence-electron chi connectivity index (χ0n) is 10.9. The smallest absolute Gasteiger partial charge is 0.333 e. The fourth-order valence-corrected chi connectivity index (χ4v) is 1.69. The molecule has 17 heavy (non-hydrogen) atoms. The SMILES string of the molecule is CCC(=CCn1ccnc1C(C)C)C(=O)OC. The lowest BCUT2D eigenvalue weighted by atomic mass is 10.2. The number of aromatic nitrogens is 2. The van der Waals surface area contributed by atoms with Crippen LogP contribution < -0.4 is 0 Å². The van der Waals surface area contributed by atoms with E-state index in [9.17, 15) is 4.79 Å². The van der Waals surface area contributed by atoms with Crippen LogP contribution in [0, 0.1) is 0 Å². The van der Waals surface area contributed by atoms with Crippen LogP contribution in [0.1, 0.15) is 38.9 Å². The largest absolute Gasteiger partial charge is 0.466 e. The van der Waals surface area contributed by atoms with E-state index in [1.807, 2.05) is 23.8 Å². The number of carbonyl (C=O) groups excluding carboxylic acids is 1. The minimum Gasteiger partial charge on any atom is -0.466 e. The lowest BCUT2D eigenvalue weighted by Crippen LogP contribution is -2.07. The fraction of sp³-hybridized carbons (Fsp3) is 0.538. The first-order chi connectivity index (χ1) is 8.10. The maximum atomic E-state index is 11.4. The monoisotopic (exact) mass is 236 g/mol. The molecule has 0 unspecified atom stereocenters. The highest BCUT2D eigenvalue weighted by atomic mass is 16.5. The molecule has 0 aliphatic carbocycles. The second-order valence-corrected chi connectivity index (χ2v) is 4.17. The molecule has 0 N–H and O–H groups in total. The summed E-state index contributed by atoms with van der Waals surface area (Å²) in [4.78, 5) is 15.7. The molecule has 4 heteroatoms. The van der Waals surface area contributed by atoms with Crippen LogP contribution in [0.2, 0.25) is 0 Å². The van der Waals surface area contributed by atoms with Crippen molar-refractivity contribution in [2.24, 2.45) is 0 Å². The molecule has 0 aliphatic rings. The third kappa shape index (κ3) is 3.44. The van der Waals surface area contributed by atoms with Gasteiger partial charge in [0.1, 0.15) is 5.82 Å². The van der Waals surface area contributed by atoms with Crippen LogP contribution in [0.5, 0.6) is 0 Å². The molecule has 94 valence electrons. The summed E-state index contributed by atoms with van der Waals surface area (Å²) < 4.78 is 6.76. The quantitative estimate of drug-likeness (QED) is 0.583. The first-order valence-corrected chi connectivity index (χ1v) is 5.88. The van der Waals surface area contributed by atoms with Gasteiger partial charge in [-0.25, -0.2) is 9.78 Å². The van der Waals surface area contributed by atoms with Gasteiger partial charge in [0.05, 0.1) is 7.11 Å². The number of hydrogen-bond donors (Lipinski definition) is 0. The van der Waals surface area contributed by atoms with Gasteiger partial charge in [-0.05, 0) is 6.42 Å². The Kier molecular flexibility index (Phi) is 4.94. The van der Waals surface area contributed by atoms with Gasteiger partial charge in [0.2, 0.25) is 0 Å². The van der Waals surface area contributed by atoms with Gasteiger partial charge in [0.15, 0.2) is 0 Å². The Balaban J connectivity index is 2.80. The van der Waals surface area contributed by atoms with E-state index < -0.39 is 0 Å². The number of ether oxygens (including phenoxy) is 1. The molecule has 1 heterocycles. The molecular weight excluding hydrogens is 216 g/mol. The highest BCUT2D eigenvalue weighted by molar-refractivity contribution is 5.88. The number of esters is 1. The average molecular weight is 236 g/mol. The van der Waals surface area contributed by atoms with Crippen LogP contribution in [0.15, 0.2) is 24.0 Å². The van der Waals surface area contributed by atoms with Crippen molar-refractivity contribution in [3.63, 3.8) is 0 Å². The van der Waals surface area contributed by atoms with Gasteiger partial charge in [-0.15, -0.1) is 0 Å². The van der Waals surface area contributed by atoms with E-state index in [-0.39, 0.29) is 5.97 Å². The van der Waals surface area contributed by atoms with E-state index >= 15 is 0 Å². The minimum atomic E-state index is -0.251. The predicted molar refractivity (Wildman–Crippen MR) is 66.7 cm³/mol. The summed E-state index contributed by atoms with van der Waals surface area (Å²) in [6, 6.07) is 0. The molecule has 0 fully saturated rings. The second kappa shape index (κ2) is 6.23. The van der Waals surface area contributed by atoms with E-state index in [0.717, 1.165) is 5.82 Å². The van der Waals surface area contributed by atoms with E-state index in [0.29, 0.717) is 24.5 Å². The molecule has 0 bridgehead atoms. The molecule has 0 saturated carbocycles. The summed E-state index contributed by atoms with van der Waals surface area (Å²) in [6.07, 6.45) is 6.29. The van der Waals surface area contributed by atoms with Crippen LogP contribution in [0.4, 0.5) is 0 Å².